The van der Waals surface area contributed by atoms with Crippen molar-refractivity contribution in [3.05, 3.63) is 81.9 Å². The smallest absolute Gasteiger partial charge is 0.335 e. The van der Waals surface area contributed by atoms with Crippen LogP contribution in [0.25, 0.3) is 17.4 Å². The van der Waals surface area contributed by atoms with Gasteiger partial charge >= 0.3 is 5.97 Å². The molecule has 29 heavy (non-hydrogen) atoms. The summed E-state index contributed by atoms with van der Waals surface area (Å²) in [4.78, 5) is 25.7. The maximum Gasteiger partial charge on any atom is 0.335 e. The van der Waals surface area contributed by atoms with Gasteiger partial charge in [-0.1, -0.05) is 47.7 Å². The molecule has 0 atom stereocenters. The van der Waals surface area contributed by atoms with Crippen LogP contribution in [0.2, 0.25) is 5.02 Å². The molecule has 1 fully saturated rings. The van der Waals surface area contributed by atoms with E-state index in [1.807, 2.05) is 0 Å². The number of aromatic carboxylic acids is 1. The second-order valence-corrected chi connectivity index (χ2v) is 8.19. The highest BCUT2D eigenvalue weighted by Gasteiger charge is 2.33. The highest BCUT2D eigenvalue weighted by molar-refractivity contribution is 8.27. The van der Waals surface area contributed by atoms with Crippen LogP contribution in [0.4, 0.5) is 5.69 Å². The van der Waals surface area contributed by atoms with E-state index in [4.69, 9.17) is 33.3 Å². The van der Waals surface area contributed by atoms with E-state index < -0.39 is 5.97 Å². The summed E-state index contributed by atoms with van der Waals surface area (Å²) < 4.78 is 6.23. The van der Waals surface area contributed by atoms with Gasteiger partial charge in [-0.25, -0.2) is 4.79 Å². The molecule has 2 heterocycles. The quantitative estimate of drug-likeness (QED) is 0.413. The summed E-state index contributed by atoms with van der Waals surface area (Å²) >= 11 is 12.5. The van der Waals surface area contributed by atoms with Gasteiger partial charge in [0.15, 0.2) is 4.32 Å². The lowest BCUT2D eigenvalue weighted by molar-refractivity contribution is -0.113. The van der Waals surface area contributed by atoms with Crippen LogP contribution in [0.5, 0.6) is 0 Å². The van der Waals surface area contributed by atoms with E-state index in [0.717, 1.165) is 5.56 Å². The second kappa shape index (κ2) is 7.87. The van der Waals surface area contributed by atoms with E-state index >= 15 is 0 Å². The van der Waals surface area contributed by atoms with Crippen molar-refractivity contribution in [2.45, 2.75) is 0 Å². The first-order valence-electron chi connectivity index (χ1n) is 8.39. The first-order chi connectivity index (χ1) is 13.9. The monoisotopic (exact) mass is 441 g/mol. The fourth-order valence-corrected chi connectivity index (χ4v) is 4.18. The van der Waals surface area contributed by atoms with Crippen molar-refractivity contribution in [2.75, 3.05) is 4.90 Å². The number of benzene rings is 2. The molecule has 1 aromatic heterocycles. The van der Waals surface area contributed by atoms with Crippen molar-refractivity contribution in [3.8, 4) is 11.3 Å². The standard InChI is InChI=1S/C21H12ClNO4S2/c22-14-5-7-15(8-6-14)23-19(24)18(29-21(23)28)11-16-9-10-17(27-16)12-1-3-13(4-2-12)20(25)26/h1-11H,(H,25,26)/b18-11+. The molecule has 1 N–H and O–H groups in total. The number of carboxylic acid groups (broad SMARTS) is 1. The number of carbonyl (C=O) groups excluding carboxylic acids is 1. The van der Waals surface area contributed by atoms with Crippen molar-refractivity contribution in [2.24, 2.45) is 0 Å². The molecule has 2 aromatic carbocycles. The molecule has 0 unspecified atom stereocenters. The van der Waals surface area contributed by atoms with Crippen molar-refractivity contribution >= 4 is 63.5 Å². The van der Waals surface area contributed by atoms with Crippen LogP contribution in [0.3, 0.4) is 0 Å². The van der Waals surface area contributed by atoms with Crippen LogP contribution in [0.15, 0.2) is 70.0 Å². The molecule has 1 aliphatic heterocycles. The third kappa shape index (κ3) is 3.98. The van der Waals surface area contributed by atoms with Gasteiger partial charge in [0.05, 0.1) is 16.2 Å². The lowest BCUT2D eigenvalue weighted by atomic mass is 10.1. The number of thiocarbonyl (C=S) groups is 1. The number of carbonyl (C=O) groups is 2. The average Bonchev–Trinajstić information content (AvgIpc) is 3.28. The second-order valence-electron chi connectivity index (χ2n) is 6.08. The van der Waals surface area contributed by atoms with Gasteiger partial charge in [-0.3, -0.25) is 9.69 Å². The Hall–Kier alpha value is -2.87. The van der Waals surface area contributed by atoms with Crippen LogP contribution in [0.1, 0.15) is 16.1 Å². The largest absolute Gasteiger partial charge is 0.478 e. The van der Waals surface area contributed by atoms with Crippen LogP contribution >= 0.6 is 35.6 Å². The lowest BCUT2D eigenvalue weighted by Gasteiger charge is -2.14. The van der Waals surface area contributed by atoms with E-state index in [-0.39, 0.29) is 11.5 Å². The molecule has 5 nitrogen and oxygen atoms in total. The summed E-state index contributed by atoms with van der Waals surface area (Å²) in [5, 5.41) is 9.56. The first-order valence-corrected chi connectivity index (χ1v) is 10.00. The molecule has 0 aliphatic carbocycles. The number of rotatable bonds is 4. The zero-order chi connectivity index (χ0) is 20.5. The Morgan fingerprint density at radius 2 is 1.76 bits per heavy atom. The molecule has 0 radical (unpaired) electrons. The lowest BCUT2D eigenvalue weighted by Crippen LogP contribution is -2.27. The van der Waals surface area contributed by atoms with Gasteiger partial charge < -0.3 is 9.52 Å². The van der Waals surface area contributed by atoms with E-state index in [2.05, 4.69) is 0 Å². The number of halogens is 1. The van der Waals surface area contributed by atoms with Crippen molar-refractivity contribution < 1.29 is 19.1 Å². The van der Waals surface area contributed by atoms with Crippen molar-refractivity contribution in [1.82, 2.24) is 0 Å². The number of carboxylic acids is 1. The van der Waals surface area contributed by atoms with Gasteiger partial charge in [0.1, 0.15) is 11.5 Å². The minimum absolute atomic E-state index is 0.200. The van der Waals surface area contributed by atoms with Gasteiger partial charge in [0, 0.05) is 16.7 Å². The fourth-order valence-electron chi connectivity index (χ4n) is 2.77. The molecular formula is C21H12ClNO4S2. The third-order valence-electron chi connectivity index (χ3n) is 4.20. The summed E-state index contributed by atoms with van der Waals surface area (Å²) in [5.41, 5.74) is 1.59. The highest BCUT2D eigenvalue weighted by atomic mass is 35.5. The molecule has 8 heteroatoms. The Morgan fingerprint density at radius 3 is 2.41 bits per heavy atom. The summed E-state index contributed by atoms with van der Waals surface area (Å²) in [5.74, 6) is -0.147. The van der Waals surface area contributed by atoms with Crippen LogP contribution < -0.4 is 4.90 Å². The minimum Gasteiger partial charge on any atom is -0.478 e. The Morgan fingerprint density at radius 1 is 1.07 bits per heavy atom. The number of thioether (sulfide) groups is 1. The molecule has 3 aromatic rings. The molecule has 4 rings (SSSR count). The van der Waals surface area contributed by atoms with E-state index in [1.165, 1.54) is 28.8 Å². The Labute approximate surface area is 180 Å². The molecule has 1 amide bonds. The van der Waals surface area contributed by atoms with Gasteiger partial charge in [-0.2, -0.15) is 0 Å². The molecule has 0 bridgehead atoms. The summed E-state index contributed by atoms with van der Waals surface area (Å²) in [6.07, 6.45) is 1.64. The van der Waals surface area contributed by atoms with Crippen LogP contribution in [0, 0.1) is 0 Å². The first kappa shape index (κ1) is 19.4. The Balaban J connectivity index is 1.57. The fraction of sp³-hybridized carbons (Fsp3) is 0. The predicted molar refractivity (Wildman–Crippen MR) is 118 cm³/mol. The zero-order valence-electron chi connectivity index (χ0n) is 14.7. The Kier molecular flexibility index (Phi) is 5.27. The molecule has 0 saturated carbocycles. The zero-order valence-corrected chi connectivity index (χ0v) is 17.1. The van der Waals surface area contributed by atoms with Gasteiger partial charge in [0.25, 0.3) is 5.91 Å². The molecule has 144 valence electrons. The van der Waals surface area contributed by atoms with E-state index in [1.54, 1.807) is 54.6 Å². The topological polar surface area (TPSA) is 70.8 Å². The third-order valence-corrected chi connectivity index (χ3v) is 5.75. The molecule has 1 saturated heterocycles. The number of hydrogen-bond acceptors (Lipinski definition) is 5. The predicted octanol–water partition coefficient (Wildman–Crippen LogP) is 5.70. The number of furan rings is 1. The minimum atomic E-state index is -0.987. The van der Waals surface area contributed by atoms with Gasteiger partial charge in [-0.15, -0.1) is 0 Å². The van der Waals surface area contributed by atoms with Crippen molar-refractivity contribution in [1.29, 1.82) is 0 Å². The maximum atomic E-state index is 12.8. The van der Waals surface area contributed by atoms with E-state index in [9.17, 15) is 9.59 Å². The average molecular weight is 442 g/mol. The SMILES string of the molecule is O=C(O)c1ccc(-c2ccc(/C=C3/SC(=S)N(c4ccc(Cl)cc4)C3=O)o2)cc1. The molecule has 1 aliphatic rings. The van der Waals surface area contributed by atoms with Crippen molar-refractivity contribution in [3.63, 3.8) is 0 Å². The molecule has 0 spiro atoms. The van der Waals surface area contributed by atoms with Gasteiger partial charge in [-0.05, 0) is 48.5 Å². The van der Waals surface area contributed by atoms with Gasteiger partial charge in [0.2, 0.25) is 0 Å². The van der Waals surface area contributed by atoms with Crippen LogP contribution in [-0.2, 0) is 4.79 Å². The summed E-state index contributed by atoms with van der Waals surface area (Å²) in [7, 11) is 0. The highest BCUT2D eigenvalue weighted by Crippen LogP contribution is 2.37. The maximum absolute atomic E-state index is 12.8. The molecular weight excluding hydrogens is 430 g/mol. The normalized spacial score (nSPS) is 15.3. The number of anilines is 1. The number of nitrogens with zero attached hydrogens (tertiary/aromatic N) is 1. The van der Waals surface area contributed by atoms with Crippen LogP contribution in [-0.4, -0.2) is 21.3 Å². The number of hydrogen-bond donors (Lipinski definition) is 1. The number of amides is 1. The van der Waals surface area contributed by atoms with E-state index in [0.29, 0.717) is 31.5 Å². The summed E-state index contributed by atoms with van der Waals surface area (Å²) in [6, 6.07) is 16.8. The summed E-state index contributed by atoms with van der Waals surface area (Å²) in [6.45, 7) is 0. The Bertz CT molecular complexity index is 1150.